The zero-order chi connectivity index (χ0) is 17.9. The number of fused-ring (bicyclic) bond motifs is 1. The molecule has 0 aliphatic rings. The molecule has 26 heavy (non-hydrogen) atoms. The van der Waals surface area contributed by atoms with Gasteiger partial charge < -0.3 is 9.15 Å². The molecule has 0 radical (unpaired) electrons. The van der Waals surface area contributed by atoms with Gasteiger partial charge in [0.25, 0.3) is 5.89 Å². The van der Waals surface area contributed by atoms with Crippen LogP contribution >= 0.6 is 0 Å². The van der Waals surface area contributed by atoms with E-state index in [-0.39, 0.29) is 12.5 Å². The van der Waals surface area contributed by atoms with Gasteiger partial charge in [-0.25, -0.2) is 9.78 Å². The van der Waals surface area contributed by atoms with E-state index in [2.05, 4.69) is 15.2 Å². The molecular formula is C20H15N3O3. The van der Waals surface area contributed by atoms with Crippen LogP contribution in [0.4, 0.5) is 0 Å². The Morgan fingerprint density at radius 1 is 1.04 bits per heavy atom. The summed E-state index contributed by atoms with van der Waals surface area (Å²) >= 11 is 0. The molecule has 0 fully saturated rings. The fraction of sp³-hybridized carbons (Fsp3) is 0.100. The largest absolute Gasteiger partial charge is 0.452 e. The van der Waals surface area contributed by atoms with Crippen molar-refractivity contribution in [1.82, 2.24) is 15.2 Å². The first-order valence-corrected chi connectivity index (χ1v) is 8.12. The predicted molar refractivity (Wildman–Crippen MR) is 95.3 cm³/mol. The molecule has 6 nitrogen and oxygen atoms in total. The van der Waals surface area contributed by atoms with Crippen molar-refractivity contribution in [2.24, 2.45) is 0 Å². The number of esters is 1. The second-order valence-corrected chi connectivity index (χ2v) is 5.73. The standard InChI is InChI=1S/C20H15N3O3/c1-13-22-23-19(26-13)12-25-20(24)16-11-18(14-7-3-2-4-8-14)21-17-10-6-5-9-15(16)17/h2-11H,12H2,1H3. The molecule has 0 unspecified atom stereocenters. The Morgan fingerprint density at radius 2 is 1.81 bits per heavy atom. The van der Waals surface area contributed by atoms with Gasteiger partial charge in [-0.05, 0) is 12.1 Å². The first-order chi connectivity index (χ1) is 12.7. The minimum atomic E-state index is -0.461. The van der Waals surface area contributed by atoms with Crippen LogP contribution < -0.4 is 0 Å². The number of hydrogen-bond donors (Lipinski definition) is 0. The van der Waals surface area contributed by atoms with Gasteiger partial charge in [0.15, 0.2) is 6.61 Å². The molecule has 0 aliphatic carbocycles. The molecule has 0 amide bonds. The van der Waals surface area contributed by atoms with E-state index in [4.69, 9.17) is 9.15 Å². The first kappa shape index (κ1) is 16.0. The van der Waals surface area contributed by atoms with Gasteiger partial charge in [0.2, 0.25) is 5.89 Å². The third kappa shape index (κ3) is 3.17. The quantitative estimate of drug-likeness (QED) is 0.521. The van der Waals surface area contributed by atoms with E-state index in [0.717, 1.165) is 16.5 Å². The fourth-order valence-corrected chi connectivity index (χ4v) is 2.70. The molecule has 128 valence electrons. The maximum atomic E-state index is 12.7. The Labute approximate surface area is 149 Å². The zero-order valence-electron chi connectivity index (χ0n) is 14.0. The van der Waals surface area contributed by atoms with Crippen LogP contribution in [-0.2, 0) is 11.3 Å². The van der Waals surface area contributed by atoms with E-state index in [0.29, 0.717) is 17.1 Å². The highest BCUT2D eigenvalue weighted by Crippen LogP contribution is 2.25. The Balaban J connectivity index is 1.71. The van der Waals surface area contributed by atoms with Crippen molar-refractivity contribution in [3.05, 3.63) is 78.0 Å². The van der Waals surface area contributed by atoms with E-state index < -0.39 is 5.97 Å². The number of para-hydroxylation sites is 1. The number of rotatable bonds is 4. The smallest absolute Gasteiger partial charge is 0.339 e. The number of ether oxygens (including phenoxy) is 1. The summed E-state index contributed by atoms with van der Waals surface area (Å²) in [6, 6.07) is 18.9. The maximum Gasteiger partial charge on any atom is 0.339 e. The number of aromatic nitrogens is 3. The molecule has 0 saturated carbocycles. The lowest BCUT2D eigenvalue weighted by Crippen LogP contribution is -2.07. The zero-order valence-corrected chi connectivity index (χ0v) is 14.0. The molecule has 4 aromatic rings. The third-order valence-corrected chi connectivity index (χ3v) is 3.90. The monoisotopic (exact) mass is 345 g/mol. The average Bonchev–Trinajstić information content (AvgIpc) is 3.11. The minimum Gasteiger partial charge on any atom is -0.452 e. The van der Waals surface area contributed by atoms with E-state index in [9.17, 15) is 4.79 Å². The van der Waals surface area contributed by atoms with Crippen LogP contribution in [-0.4, -0.2) is 21.2 Å². The maximum absolute atomic E-state index is 12.7. The molecule has 2 heterocycles. The molecule has 0 spiro atoms. The van der Waals surface area contributed by atoms with Gasteiger partial charge in [0.05, 0.1) is 16.8 Å². The van der Waals surface area contributed by atoms with Crippen molar-refractivity contribution in [2.75, 3.05) is 0 Å². The summed E-state index contributed by atoms with van der Waals surface area (Å²) in [5, 5.41) is 8.29. The summed E-state index contributed by atoms with van der Waals surface area (Å²) < 4.78 is 10.6. The molecule has 0 atom stereocenters. The number of pyridine rings is 1. The van der Waals surface area contributed by atoms with E-state index >= 15 is 0 Å². The highest BCUT2D eigenvalue weighted by Gasteiger charge is 2.16. The number of carbonyl (C=O) groups is 1. The first-order valence-electron chi connectivity index (χ1n) is 8.12. The number of nitrogens with zero attached hydrogens (tertiary/aromatic N) is 3. The van der Waals surface area contributed by atoms with Gasteiger partial charge in [0.1, 0.15) is 0 Å². The average molecular weight is 345 g/mol. The second-order valence-electron chi connectivity index (χ2n) is 5.73. The second kappa shape index (κ2) is 6.76. The van der Waals surface area contributed by atoms with Crippen molar-refractivity contribution in [2.45, 2.75) is 13.5 Å². The normalized spacial score (nSPS) is 10.8. The number of benzene rings is 2. The molecular weight excluding hydrogens is 330 g/mol. The molecule has 0 bridgehead atoms. The van der Waals surface area contributed by atoms with Gasteiger partial charge in [-0.1, -0.05) is 48.5 Å². The summed E-state index contributed by atoms with van der Waals surface area (Å²) in [6.07, 6.45) is 0. The number of carbonyl (C=O) groups excluding carboxylic acids is 1. The van der Waals surface area contributed by atoms with E-state index in [1.807, 2.05) is 54.6 Å². The van der Waals surface area contributed by atoms with Crippen LogP contribution in [0, 0.1) is 6.92 Å². The molecule has 0 N–H and O–H groups in total. The van der Waals surface area contributed by atoms with Gasteiger partial charge in [-0.3, -0.25) is 0 Å². The molecule has 4 rings (SSSR count). The molecule has 2 aromatic carbocycles. The Kier molecular flexibility index (Phi) is 4.15. The summed E-state index contributed by atoms with van der Waals surface area (Å²) in [6.45, 7) is 1.61. The lowest BCUT2D eigenvalue weighted by molar-refractivity contribution is 0.0439. The van der Waals surface area contributed by atoms with Gasteiger partial charge in [-0.2, -0.15) is 0 Å². The number of aryl methyl sites for hydroxylation is 1. The Bertz CT molecular complexity index is 1070. The third-order valence-electron chi connectivity index (χ3n) is 3.90. The van der Waals surface area contributed by atoms with Gasteiger partial charge in [-0.15, -0.1) is 10.2 Å². The lowest BCUT2D eigenvalue weighted by atomic mass is 10.0. The van der Waals surface area contributed by atoms with Crippen LogP contribution in [0.1, 0.15) is 22.1 Å². The van der Waals surface area contributed by atoms with Gasteiger partial charge >= 0.3 is 5.97 Å². The lowest BCUT2D eigenvalue weighted by Gasteiger charge is -2.09. The Morgan fingerprint density at radius 3 is 2.58 bits per heavy atom. The van der Waals surface area contributed by atoms with Crippen LogP contribution in [0.25, 0.3) is 22.2 Å². The van der Waals surface area contributed by atoms with Crippen molar-refractivity contribution in [3.63, 3.8) is 0 Å². The summed E-state index contributed by atoms with van der Waals surface area (Å²) in [4.78, 5) is 17.3. The highest BCUT2D eigenvalue weighted by atomic mass is 16.5. The summed E-state index contributed by atoms with van der Waals surface area (Å²) in [7, 11) is 0. The van der Waals surface area contributed by atoms with Crippen LogP contribution in [0.2, 0.25) is 0 Å². The molecule has 2 aromatic heterocycles. The topological polar surface area (TPSA) is 78.1 Å². The predicted octanol–water partition coefficient (Wildman–Crippen LogP) is 3.95. The fourth-order valence-electron chi connectivity index (χ4n) is 2.70. The van der Waals surface area contributed by atoms with Crippen LogP contribution in [0.5, 0.6) is 0 Å². The van der Waals surface area contributed by atoms with E-state index in [1.165, 1.54) is 0 Å². The molecule has 0 saturated heterocycles. The SMILES string of the molecule is Cc1nnc(COC(=O)c2cc(-c3ccccc3)nc3ccccc23)o1. The molecule has 0 aliphatic heterocycles. The van der Waals surface area contributed by atoms with Crippen LogP contribution in [0.15, 0.2) is 65.1 Å². The van der Waals surface area contributed by atoms with Crippen molar-refractivity contribution in [3.8, 4) is 11.3 Å². The van der Waals surface area contributed by atoms with Crippen molar-refractivity contribution in [1.29, 1.82) is 0 Å². The Hall–Kier alpha value is -3.54. The minimum absolute atomic E-state index is 0.0724. The summed E-state index contributed by atoms with van der Waals surface area (Å²) in [5.74, 6) is 0.228. The van der Waals surface area contributed by atoms with E-state index in [1.54, 1.807) is 13.0 Å². The number of hydrogen-bond acceptors (Lipinski definition) is 6. The van der Waals surface area contributed by atoms with Crippen LogP contribution in [0.3, 0.4) is 0 Å². The van der Waals surface area contributed by atoms with Crippen molar-refractivity contribution >= 4 is 16.9 Å². The van der Waals surface area contributed by atoms with Crippen molar-refractivity contribution < 1.29 is 13.9 Å². The summed E-state index contributed by atoms with van der Waals surface area (Å²) in [5.41, 5.74) is 2.82. The van der Waals surface area contributed by atoms with Gasteiger partial charge in [0, 0.05) is 17.9 Å². The highest BCUT2D eigenvalue weighted by molar-refractivity contribution is 6.04. The molecule has 6 heteroatoms.